The minimum Gasteiger partial charge on any atom is -0.348 e. The maximum absolute atomic E-state index is 12.7. The zero-order chi connectivity index (χ0) is 16.0. The normalized spacial score (nSPS) is 17.3. The lowest BCUT2D eigenvalue weighted by molar-refractivity contribution is -0.118. The molecular weight excluding hydrogens is 312 g/mol. The first-order valence-electron chi connectivity index (χ1n) is 7.57. The lowest BCUT2D eigenvalue weighted by Crippen LogP contribution is -2.27. The van der Waals surface area contributed by atoms with E-state index in [0.717, 1.165) is 24.0 Å². The Kier molecular flexibility index (Phi) is 3.16. The number of rotatable bonds is 3. The number of carbonyl (C=O) groups is 2. The molecule has 1 aliphatic carbocycles. The number of fused-ring (bicyclic) bond motifs is 1. The van der Waals surface area contributed by atoms with Gasteiger partial charge in [-0.15, -0.1) is 0 Å². The van der Waals surface area contributed by atoms with E-state index in [1.165, 1.54) is 0 Å². The van der Waals surface area contributed by atoms with Gasteiger partial charge in [0.15, 0.2) is 0 Å². The second-order valence-corrected chi connectivity index (χ2v) is 6.54. The van der Waals surface area contributed by atoms with Crippen molar-refractivity contribution >= 4 is 29.1 Å². The zero-order valence-electron chi connectivity index (χ0n) is 12.4. The fourth-order valence-corrected chi connectivity index (χ4v) is 3.29. The third-order valence-corrected chi connectivity index (χ3v) is 4.85. The molecule has 2 aromatic carbocycles. The molecule has 1 saturated carbocycles. The van der Waals surface area contributed by atoms with Crippen LogP contribution in [-0.4, -0.2) is 11.8 Å². The first kappa shape index (κ1) is 14.3. The van der Waals surface area contributed by atoms with E-state index < -0.39 is 5.41 Å². The number of benzene rings is 2. The van der Waals surface area contributed by atoms with Crippen molar-refractivity contribution in [2.24, 2.45) is 0 Å². The molecule has 0 bridgehead atoms. The van der Waals surface area contributed by atoms with E-state index in [1.807, 2.05) is 30.3 Å². The molecule has 1 aliphatic heterocycles. The second kappa shape index (κ2) is 5.10. The van der Waals surface area contributed by atoms with Crippen LogP contribution in [-0.2, 0) is 16.8 Å². The maximum Gasteiger partial charge on any atom is 0.251 e. The van der Waals surface area contributed by atoms with E-state index in [-0.39, 0.29) is 11.8 Å². The van der Waals surface area contributed by atoms with E-state index in [9.17, 15) is 9.59 Å². The molecule has 116 valence electrons. The Balaban J connectivity index is 1.59. The van der Waals surface area contributed by atoms with Crippen LogP contribution in [0.25, 0.3) is 0 Å². The lowest BCUT2D eigenvalue weighted by atomic mass is 9.95. The Morgan fingerprint density at radius 1 is 1.17 bits per heavy atom. The van der Waals surface area contributed by atoms with Gasteiger partial charge in [0, 0.05) is 22.8 Å². The van der Waals surface area contributed by atoms with Crippen molar-refractivity contribution in [1.82, 2.24) is 5.32 Å². The molecule has 0 aromatic heterocycles. The van der Waals surface area contributed by atoms with Gasteiger partial charge in [0.05, 0.1) is 5.41 Å². The number of anilines is 1. The van der Waals surface area contributed by atoms with Gasteiger partial charge in [-0.05, 0) is 48.2 Å². The van der Waals surface area contributed by atoms with Crippen LogP contribution in [0, 0.1) is 0 Å². The van der Waals surface area contributed by atoms with Crippen molar-refractivity contribution in [2.75, 3.05) is 5.32 Å². The van der Waals surface area contributed by atoms with E-state index in [2.05, 4.69) is 10.6 Å². The summed E-state index contributed by atoms with van der Waals surface area (Å²) in [6.07, 6.45) is 1.62. The standard InChI is InChI=1S/C18H15ClN2O2/c19-13-3-1-2-12(8-13)18(6-7-18)17(23)21-14-5-4-11-10-20-16(22)15(11)9-14/h1-5,8-9H,6-7,10H2,(H,20,22)(H,21,23). The van der Waals surface area contributed by atoms with Crippen molar-refractivity contribution in [3.63, 3.8) is 0 Å². The summed E-state index contributed by atoms with van der Waals surface area (Å²) < 4.78 is 0. The third kappa shape index (κ3) is 2.39. The topological polar surface area (TPSA) is 58.2 Å². The number of hydrogen-bond acceptors (Lipinski definition) is 2. The molecule has 0 saturated heterocycles. The molecular formula is C18H15ClN2O2. The van der Waals surface area contributed by atoms with Crippen LogP contribution in [0.15, 0.2) is 42.5 Å². The van der Waals surface area contributed by atoms with Gasteiger partial charge in [-0.1, -0.05) is 29.8 Å². The quantitative estimate of drug-likeness (QED) is 0.909. The Labute approximate surface area is 138 Å². The summed E-state index contributed by atoms with van der Waals surface area (Å²) in [5.41, 5.74) is 2.70. The number of nitrogens with one attached hydrogen (secondary N) is 2. The van der Waals surface area contributed by atoms with Crippen LogP contribution in [0.4, 0.5) is 5.69 Å². The van der Waals surface area contributed by atoms with Crippen molar-refractivity contribution in [3.8, 4) is 0 Å². The van der Waals surface area contributed by atoms with Crippen molar-refractivity contribution in [1.29, 1.82) is 0 Å². The minimum atomic E-state index is -0.494. The third-order valence-electron chi connectivity index (χ3n) is 4.61. The van der Waals surface area contributed by atoms with Gasteiger partial charge < -0.3 is 10.6 Å². The Morgan fingerprint density at radius 2 is 2.00 bits per heavy atom. The first-order chi connectivity index (χ1) is 11.1. The summed E-state index contributed by atoms with van der Waals surface area (Å²) in [6, 6.07) is 12.9. The van der Waals surface area contributed by atoms with Crippen molar-refractivity contribution in [3.05, 3.63) is 64.2 Å². The summed E-state index contributed by atoms with van der Waals surface area (Å²) in [6.45, 7) is 0.550. The molecule has 0 radical (unpaired) electrons. The molecule has 2 aromatic rings. The highest BCUT2D eigenvalue weighted by Gasteiger charge is 2.51. The Hall–Kier alpha value is -2.33. The van der Waals surface area contributed by atoms with Crippen LogP contribution >= 0.6 is 11.6 Å². The largest absolute Gasteiger partial charge is 0.348 e. The molecule has 4 nitrogen and oxygen atoms in total. The summed E-state index contributed by atoms with van der Waals surface area (Å²) in [5.74, 6) is -0.134. The fraction of sp³-hybridized carbons (Fsp3) is 0.222. The fourth-order valence-electron chi connectivity index (χ4n) is 3.10. The predicted octanol–water partition coefficient (Wildman–Crippen LogP) is 3.25. The molecule has 23 heavy (non-hydrogen) atoms. The Bertz CT molecular complexity index is 828. The molecule has 5 heteroatoms. The molecule has 0 unspecified atom stereocenters. The number of amides is 2. The van der Waals surface area contributed by atoms with Gasteiger partial charge in [0.25, 0.3) is 5.91 Å². The minimum absolute atomic E-state index is 0.0434. The summed E-state index contributed by atoms with van der Waals surface area (Å²) in [5, 5.41) is 6.36. The highest BCUT2D eigenvalue weighted by Crippen LogP contribution is 2.49. The molecule has 0 atom stereocenters. The van der Waals surface area contributed by atoms with Crippen LogP contribution in [0.2, 0.25) is 5.02 Å². The SMILES string of the molecule is O=C1NCc2ccc(NC(=O)C3(c4cccc(Cl)c4)CC3)cc21. The summed E-state index contributed by atoms with van der Waals surface area (Å²) in [7, 11) is 0. The average Bonchev–Trinajstić information content (AvgIpc) is 3.28. The van der Waals surface area contributed by atoms with E-state index in [0.29, 0.717) is 22.8 Å². The van der Waals surface area contributed by atoms with E-state index in [1.54, 1.807) is 12.1 Å². The van der Waals surface area contributed by atoms with Crippen molar-refractivity contribution < 1.29 is 9.59 Å². The van der Waals surface area contributed by atoms with Gasteiger partial charge in [-0.3, -0.25) is 9.59 Å². The van der Waals surface area contributed by atoms with E-state index in [4.69, 9.17) is 11.6 Å². The molecule has 2 amide bonds. The molecule has 2 N–H and O–H groups in total. The highest BCUT2D eigenvalue weighted by atomic mass is 35.5. The van der Waals surface area contributed by atoms with Gasteiger partial charge in [-0.2, -0.15) is 0 Å². The predicted molar refractivity (Wildman–Crippen MR) is 88.6 cm³/mol. The molecule has 2 aliphatic rings. The maximum atomic E-state index is 12.7. The lowest BCUT2D eigenvalue weighted by Gasteiger charge is -2.16. The monoisotopic (exact) mass is 326 g/mol. The number of carbonyl (C=O) groups excluding carboxylic acids is 2. The van der Waals surface area contributed by atoms with Crippen molar-refractivity contribution in [2.45, 2.75) is 24.8 Å². The highest BCUT2D eigenvalue weighted by molar-refractivity contribution is 6.30. The van der Waals surface area contributed by atoms with Crippen LogP contribution in [0.1, 0.15) is 34.3 Å². The van der Waals surface area contributed by atoms with Crippen LogP contribution < -0.4 is 10.6 Å². The zero-order valence-corrected chi connectivity index (χ0v) is 13.1. The van der Waals surface area contributed by atoms with Gasteiger partial charge in [0.2, 0.25) is 5.91 Å². The Morgan fingerprint density at radius 3 is 2.74 bits per heavy atom. The second-order valence-electron chi connectivity index (χ2n) is 6.10. The molecule has 4 rings (SSSR count). The first-order valence-corrected chi connectivity index (χ1v) is 7.95. The van der Waals surface area contributed by atoms with Gasteiger partial charge >= 0.3 is 0 Å². The number of halogens is 1. The van der Waals surface area contributed by atoms with Crippen LogP contribution in [0.5, 0.6) is 0 Å². The molecule has 1 heterocycles. The summed E-state index contributed by atoms with van der Waals surface area (Å²) >= 11 is 6.05. The van der Waals surface area contributed by atoms with Crippen LogP contribution in [0.3, 0.4) is 0 Å². The van der Waals surface area contributed by atoms with Gasteiger partial charge in [-0.25, -0.2) is 0 Å². The summed E-state index contributed by atoms with van der Waals surface area (Å²) in [4.78, 5) is 24.5. The van der Waals surface area contributed by atoms with Gasteiger partial charge in [0.1, 0.15) is 0 Å². The molecule has 0 spiro atoms. The molecule has 1 fully saturated rings. The smallest absolute Gasteiger partial charge is 0.251 e. The average molecular weight is 327 g/mol. The number of hydrogen-bond donors (Lipinski definition) is 2. The van der Waals surface area contributed by atoms with E-state index >= 15 is 0 Å².